The van der Waals surface area contributed by atoms with Crippen molar-refractivity contribution in [1.82, 2.24) is 10.6 Å². The summed E-state index contributed by atoms with van der Waals surface area (Å²) in [5.74, 6) is 0.338. The highest BCUT2D eigenvalue weighted by atomic mass is 32.1. The lowest BCUT2D eigenvalue weighted by Crippen LogP contribution is -2.33. The Bertz CT molecular complexity index is 317. The second kappa shape index (κ2) is 4.77. The van der Waals surface area contributed by atoms with Crippen LogP contribution in [0.5, 0.6) is 0 Å². The van der Waals surface area contributed by atoms with E-state index in [1.807, 2.05) is 12.3 Å². The number of carbonyl (C=O) groups is 1. The Hall–Kier alpha value is -0.870. The molecule has 3 nitrogen and oxygen atoms in total. The van der Waals surface area contributed by atoms with Crippen molar-refractivity contribution in [2.45, 2.75) is 19.4 Å². The number of amides is 1. The first-order chi connectivity index (χ1) is 7.27. The minimum atomic E-state index is 0.129. The Morgan fingerprint density at radius 3 is 3.20 bits per heavy atom. The number of thiophene rings is 1. The summed E-state index contributed by atoms with van der Waals surface area (Å²) < 4.78 is 0. The van der Waals surface area contributed by atoms with Gasteiger partial charge in [-0.2, -0.15) is 11.3 Å². The van der Waals surface area contributed by atoms with Gasteiger partial charge < -0.3 is 10.6 Å². The Kier molecular flexibility index (Phi) is 3.38. The topological polar surface area (TPSA) is 41.1 Å². The summed E-state index contributed by atoms with van der Waals surface area (Å²) in [6, 6.07) is 2.19. The lowest BCUT2D eigenvalue weighted by atomic mass is 10.1. The van der Waals surface area contributed by atoms with Crippen molar-refractivity contribution in [3.05, 3.63) is 22.4 Å². The standard InChI is InChI=1S/C11H16N2OS/c1-8(10-3-5-15-7-10)13-11(14)9-2-4-12-6-9/h3,5,7-9,12H,2,4,6H2,1H3,(H,13,14). The lowest BCUT2D eigenvalue weighted by molar-refractivity contribution is -0.125. The minimum absolute atomic E-state index is 0.129. The van der Waals surface area contributed by atoms with Crippen LogP contribution in [0.1, 0.15) is 24.9 Å². The first-order valence-electron chi connectivity index (χ1n) is 5.30. The molecule has 0 saturated carbocycles. The first-order valence-corrected chi connectivity index (χ1v) is 6.25. The zero-order valence-electron chi connectivity index (χ0n) is 8.82. The normalized spacial score (nSPS) is 22.6. The molecule has 4 heteroatoms. The SMILES string of the molecule is CC(NC(=O)C1CCNC1)c1ccsc1. The van der Waals surface area contributed by atoms with E-state index in [2.05, 4.69) is 22.1 Å². The van der Waals surface area contributed by atoms with Gasteiger partial charge in [-0.3, -0.25) is 4.79 Å². The summed E-state index contributed by atoms with van der Waals surface area (Å²) >= 11 is 1.66. The fourth-order valence-electron chi connectivity index (χ4n) is 1.81. The predicted octanol–water partition coefficient (Wildman–Crippen LogP) is 1.53. The second-order valence-electron chi connectivity index (χ2n) is 3.98. The van der Waals surface area contributed by atoms with Gasteiger partial charge in [-0.15, -0.1) is 0 Å². The van der Waals surface area contributed by atoms with Crippen LogP contribution in [-0.2, 0) is 4.79 Å². The summed E-state index contributed by atoms with van der Waals surface area (Å²) in [6.45, 7) is 3.81. The molecule has 2 rings (SSSR count). The van der Waals surface area contributed by atoms with Gasteiger partial charge in [0, 0.05) is 6.54 Å². The molecule has 0 aliphatic carbocycles. The van der Waals surface area contributed by atoms with E-state index in [1.165, 1.54) is 5.56 Å². The van der Waals surface area contributed by atoms with Crippen LogP contribution in [0.3, 0.4) is 0 Å². The molecule has 0 aromatic carbocycles. The first kappa shape index (κ1) is 10.6. The fourth-order valence-corrected chi connectivity index (χ4v) is 2.57. The number of nitrogens with one attached hydrogen (secondary N) is 2. The molecule has 0 spiro atoms. The van der Waals surface area contributed by atoms with Gasteiger partial charge in [0.25, 0.3) is 0 Å². The van der Waals surface area contributed by atoms with Crippen LogP contribution in [0.2, 0.25) is 0 Å². The van der Waals surface area contributed by atoms with E-state index in [9.17, 15) is 4.79 Å². The molecule has 1 aromatic rings. The van der Waals surface area contributed by atoms with E-state index < -0.39 is 0 Å². The van der Waals surface area contributed by atoms with Crippen LogP contribution in [0, 0.1) is 5.92 Å². The molecule has 2 unspecified atom stereocenters. The Balaban J connectivity index is 1.88. The molecule has 0 bridgehead atoms. The number of hydrogen-bond donors (Lipinski definition) is 2. The molecule has 2 heterocycles. The molecule has 1 aliphatic rings. The van der Waals surface area contributed by atoms with E-state index in [0.717, 1.165) is 19.5 Å². The summed E-state index contributed by atoms with van der Waals surface area (Å²) in [7, 11) is 0. The van der Waals surface area contributed by atoms with Crippen molar-refractivity contribution in [1.29, 1.82) is 0 Å². The van der Waals surface area contributed by atoms with Crippen molar-refractivity contribution in [3.8, 4) is 0 Å². The molecule has 1 amide bonds. The van der Waals surface area contributed by atoms with Crippen LogP contribution < -0.4 is 10.6 Å². The predicted molar refractivity (Wildman–Crippen MR) is 61.9 cm³/mol. The van der Waals surface area contributed by atoms with E-state index in [4.69, 9.17) is 0 Å². The van der Waals surface area contributed by atoms with Gasteiger partial charge in [0.1, 0.15) is 0 Å². The van der Waals surface area contributed by atoms with Gasteiger partial charge in [-0.1, -0.05) is 0 Å². The monoisotopic (exact) mass is 224 g/mol. The molecule has 0 radical (unpaired) electrons. The third-order valence-electron chi connectivity index (χ3n) is 2.83. The van der Waals surface area contributed by atoms with Crippen molar-refractivity contribution >= 4 is 17.2 Å². The third-order valence-corrected chi connectivity index (χ3v) is 3.53. The highest BCUT2D eigenvalue weighted by Gasteiger charge is 2.23. The van der Waals surface area contributed by atoms with Gasteiger partial charge in [-0.25, -0.2) is 0 Å². The molecule has 1 fully saturated rings. The van der Waals surface area contributed by atoms with Crippen LogP contribution in [0.15, 0.2) is 16.8 Å². The van der Waals surface area contributed by atoms with Crippen molar-refractivity contribution < 1.29 is 4.79 Å². The minimum Gasteiger partial charge on any atom is -0.349 e. The Morgan fingerprint density at radius 2 is 2.60 bits per heavy atom. The average Bonchev–Trinajstić information content (AvgIpc) is 2.91. The molecule has 2 N–H and O–H groups in total. The van der Waals surface area contributed by atoms with E-state index in [-0.39, 0.29) is 17.9 Å². The molecule has 1 aliphatic heterocycles. The number of carbonyl (C=O) groups excluding carboxylic acids is 1. The summed E-state index contributed by atoms with van der Waals surface area (Å²) in [5.41, 5.74) is 1.19. The summed E-state index contributed by atoms with van der Waals surface area (Å²) in [4.78, 5) is 11.8. The zero-order valence-corrected chi connectivity index (χ0v) is 9.64. The maximum Gasteiger partial charge on any atom is 0.224 e. The second-order valence-corrected chi connectivity index (χ2v) is 4.76. The van der Waals surface area contributed by atoms with Crippen molar-refractivity contribution in [2.24, 2.45) is 5.92 Å². The van der Waals surface area contributed by atoms with Gasteiger partial charge in [0.2, 0.25) is 5.91 Å². The maximum absolute atomic E-state index is 11.8. The van der Waals surface area contributed by atoms with Crippen LogP contribution in [0.4, 0.5) is 0 Å². The van der Waals surface area contributed by atoms with E-state index in [1.54, 1.807) is 11.3 Å². The molecular weight excluding hydrogens is 208 g/mol. The Labute approximate surface area is 93.9 Å². The lowest BCUT2D eigenvalue weighted by Gasteiger charge is -2.15. The summed E-state index contributed by atoms with van der Waals surface area (Å²) in [6.07, 6.45) is 0.961. The van der Waals surface area contributed by atoms with Gasteiger partial charge in [0.05, 0.1) is 12.0 Å². The van der Waals surface area contributed by atoms with Crippen LogP contribution in [0.25, 0.3) is 0 Å². The molecule has 15 heavy (non-hydrogen) atoms. The maximum atomic E-state index is 11.8. The quantitative estimate of drug-likeness (QED) is 0.817. The zero-order chi connectivity index (χ0) is 10.7. The molecule has 1 saturated heterocycles. The smallest absolute Gasteiger partial charge is 0.224 e. The van der Waals surface area contributed by atoms with E-state index in [0.29, 0.717) is 0 Å². The molecular formula is C11H16N2OS. The van der Waals surface area contributed by atoms with Crippen molar-refractivity contribution in [2.75, 3.05) is 13.1 Å². The molecule has 1 aromatic heterocycles. The number of hydrogen-bond acceptors (Lipinski definition) is 3. The summed E-state index contributed by atoms with van der Waals surface area (Å²) in [5, 5.41) is 10.4. The van der Waals surface area contributed by atoms with Gasteiger partial charge in [-0.05, 0) is 42.3 Å². The van der Waals surface area contributed by atoms with Crippen molar-refractivity contribution in [3.63, 3.8) is 0 Å². The van der Waals surface area contributed by atoms with Crippen LogP contribution >= 0.6 is 11.3 Å². The fraction of sp³-hybridized carbons (Fsp3) is 0.545. The Morgan fingerprint density at radius 1 is 1.73 bits per heavy atom. The molecule has 2 atom stereocenters. The number of rotatable bonds is 3. The molecule has 82 valence electrons. The average molecular weight is 224 g/mol. The highest BCUT2D eigenvalue weighted by molar-refractivity contribution is 7.07. The third kappa shape index (κ3) is 2.58. The largest absolute Gasteiger partial charge is 0.349 e. The van der Waals surface area contributed by atoms with E-state index >= 15 is 0 Å². The van der Waals surface area contributed by atoms with Gasteiger partial charge >= 0.3 is 0 Å². The van der Waals surface area contributed by atoms with Gasteiger partial charge in [0.15, 0.2) is 0 Å². The highest BCUT2D eigenvalue weighted by Crippen LogP contribution is 2.17. The van der Waals surface area contributed by atoms with Crippen LogP contribution in [-0.4, -0.2) is 19.0 Å².